The van der Waals surface area contributed by atoms with E-state index in [1.165, 1.54) is 51.4 Å². The molecule has 0 unspecified atom stereocenters. The Hall–Kier alpha value is -1.03. The predicted molar refractivity (Wildman–Crippen MR) is 90.5 cm³/mol. The standard InChI is InChI=1S/C18H32N2O2/c21-19-17-11-9-7-5-3-1-2-4-6-8-10-12-18(17)20-13-15-22-16-14-20/h12,21H,1-11,13-16H2/b18-12-,19-17?. The minimum Gasteiger partial charge on any atom is -0.411 e. The molecule has 0 radical (unpaired) electrons. The van der Waals surface area contributed by atoms with E-state index in [1.54, 1.807) is 0 Å². The molecule has 0 spiro atoms. The zero-order chi connectivity index (χ0) is 15.5. The fraction of sp³-hybridized carbons (Fsp3) is 0.833. The van der Waals surface area contributed by atoms with E-state index in [2.05, 4.69) is 16.1 Å². The van der Waals surface area contributed by atoms with Gasteiger partial charge in [-0.15, -0.1) is 0 Å². The van der Waals surface area contributed by atoms with Crippen molar-refractivity contribution in [1.82, 2.24) is 4.90 Å². The summed E-state index contributed by atoms with van der Waals surface area (Å²) in [6, 6.07) is 0. The number of rotatable bonds is 1. The predicted octanol–water partition coefficient (Wildman–Crippen LogP) is 4.34. The molecule has 0 bridgehead atoms. The molecule has 4 heteroatoms. The summed E-state index contributed by atoms with van der Waals surface area (Å²) in [5.41, 5.74) is 2.03. The third-order valence-electron chi connectivity index (χ3n) is 4.72. The lowest BCUT2D eigenvalue weighted by Gasteiger charge is -2.31. The van der Waals surface area contributed by atoms with Crippen LogP contribution in [0.25, 0.3) is 0 Å². The summed E-state index contributed by atoms with van der Waals surface area (Å²) in [5, 5.41) is 13.1. The lowest BCUT2D eigenvalue weighted by Crippen LogP contribution is -2.38. The van der Waals surface area contributed by atoms with Crippen LogP contribution in [0.4, 0.5) is 0 Å². The second-order valence-corrected chi connectivity index (χ2v) is 6.46. The number of oxime groups is 1. The monoisotopic (exact) mass is 308 g/mol. The van der Waals surface area contributed by atoms with E-state index in [0.717, 1.165) is 57.0 Å². The minimum absolute atomic E-state index is 0.774. The highest BCUT2D eigenvalue weighted by Crippen LogP contribution is 2.19. The van der Waals surface area contributed by atoms with E-state index in [0.29, 0.717) is 0 Å². The minimum atomic E-state index is 0.774. The van der Waals surface area contributed by atoms with Crippen LogP contribution in [0.1, 0.15) is 70.6 Å². The molecule has 1 N–H and O–H groups in total. The zero-order valence-corrected chi connectivity index (χ0v) is 13.9. The van der Waals surface area contributed by atoms with E-state index in [1.807, 2.05) is 0 Å². The highest BCUT2D eigenvalue weighted by atomic mass is 16.5. The van der Waals surface area contributed by atoms with Crippen LogP contribution in [0.2, 0.25) is 0 Å². The topological polar surface area (TPSA) is 45.1 Å². The van der Waals surface area contributed by atoms with E-state index in [4.69, 9.17) is 4.74 Å². The van der Waals surface area contributed by atoms with Gasteiger partial charge in [-0.05, 0) is 25.7 Å². The molecule has 1 saturated heterocycles. The summed E-state index contributed by atoms with van der Waals surface area (Å²) >= 11 is 0. The second kappa shape index (κ2) is 10.7. The maximum Gasteiger partial charge on any atom is 0.102 e. The average Bonchev–Trinajstić information content (AvgIpc) is 2.57. The van der Waals surface area contributed by atoms with E-state index in [9.17, 15) is 5.21 Å². The number of hydrogen-bond donors (Lipinski definition) is 1. The molecule has 0 saturated carbocycles. The Kier molecular flexibility index (Phi) is 8.39. The van der Waals surface area contributed by atoms with Gasteiger partial charge in [-0.25, -0.2) is 0 Å². The van der Waals surface area contributed by atoms with Gasteiger partial charge in [0.05, 0.1) is 18.9 Å². The molecule has 1 aliphatic heterocycles. The number of allylic oxidation sites excluding steroid dienone is 2. The van der Waals surface area contributed by atoms with Crippen molar-refractivity contribution in [2.24, 2.45) is 5.16 Å². The molecule has 1 aliphatic carbocycles. The molecule has 0 aromatic heterocycles. The Morgan fingerprint density at radius 3 is 2.09 bits per heavy atom. The van der Waals surface area contributed by atoms with Crippen LogP contribution < -0.4 is 0 Å². The molecular formula is C18H32N2O2. The molecule has 126 valence electrons. The van der Waals surface area contributed by atoms with Crippen LogP contribution in [0.5, 0.6) is 0 Å². The van der Waals surface area contributed by atoms with Crippen LogP contribution in [0, 0.1) is 0 Å². The lowest BCUT2D eigenvalue weighted by molar-refractivity contribution is 0.0560. The quantitative estimate of drug-likeness (QED) is 0.579. The summed E-state index contributed by atoms with van der Waals surface area (Å²) in [6.45, 7) is 3.36. The van der Waals surface area contributed by atoms with Crippen molar-refractivity contribution in [3.05, 3.63) is 11.8 Å². The first-order valence-electron chi connectivity index (χ1n) is 9.16. The number of hydrogen-bond acceptors (Lipinski definition) is 4. The molecule has 0 atom stereocenters. The van der Waals surface area contributed by atoms with Crippen LogP contribution >= 0.6 is 0 Å². The maximum atomic E-state index is 9.49. The van der Waals surface area contributed by atoms with Gasteiger partial charge in [0, 0.05) is 13.1 Å². The van der Waals surface area contributed by atoms with Gasteiger partial charge < -0.3 is 14.8 Å². The molecule has 0 aromatic rings. The van der Waals surface area contributed by atoms with Crippen molar-refractivity contribution in [1.29, 1.82) is 0 Å². The second-order valence-electron chi connectivity index (χ2n) is 6.46. The molecule has 1 fully saturated rings. The number of morpholine rings is 1. The summed E-state index contributed by atoms with van der Waals surface area (Å²) in [5.74, 6) is 0. The van der Waals surface area contributed by atoms with Crippen molar-refractivity contribution in [3.8, 4) is 0 Å². The van der Waals surface area contributed by atoms with Crippen LogP contribution in [0.3, 0.4) is 0 Å². The van der Waals surface area contributed by atoms with Gasteiger partial charge in [-0.3, -0.25) is 0 Å². The van der Waals surface area contributed by atoms with Gasteiger partial charge in [-0.2, -0.15) is 0 Å². The fourth-order valence-corrected chi connectivity index (χ4v) is 3.38. The normalized spacial score (nSPS) is 27.9. The van der Waals surface area contributed by atoms with Crippen molar-refractivity contribution < 1.29 is 9.94 Å². The van der Waals surface area contributed by atoms with Gasteiger partial charge in [-0.1, -0.05) is 56.2 Å². The first-order valence-corrected chi connectivity index (χ1v) is 9.16. The van der Waals surface area contributed by atoms with Gasteiger partial charge in [0.1, 0.15) is 5.71 Å². The fourth-order valence-electron chi connectivity index (χ4n) is 3.38. The summed E-state index contributed by atoms with van der Waals surface area (Å²) in [4.78, 5) is 2.34. The highest BCUT2D eigenvalue weighted by Gasteiger charge is 2.18. The Balaban J connectivity index is 2.01. The average molecular weight is 308 g/mol. The van der Waals surface area contributed by atoms with Crippen LogP contribution in [0.15, 0.2) is 16.9 Å². The van der Waals surface area contributed by atoms with Gasteiger partial charge >= 0.3 is 0 Å². The molecule has 0 amide bonds. The molecule has 4 nitrogen and oxygen atoms in total. The Morgan fingerprint density at radius 2 is 1.45 bits per heavy atom. The molecule has 1 heterocycles. The van der Waals surface area contributed by atoms with Crippen LogP contribution in [-0.2, 0) is 4.74 Å². The Labute approximate surface area is 135 Å². The first-order chi connectivity index (χ1) is 10.9. The Morgan fingerprint density at radius 1 is 0.864 bits per heavy atom. The molecule has 2 aliphatic rings. The van der Waals surface area contributed by atoms with E-state index < -0.39 is 0 Å². The van der Waals surface area contributed by atoms with E-state index in [-0.39, 0.29) is 0 Å². The largest absolute Gasteiger partial charge is 0.411 e. The first kappa shape index (κ1) is 17.3. The zero-order valence-electron chi connectivity index (χ0n) is 13.9. The molecule has 2 rings (SSSR count). The maximum absolute atomic E-state index is 9.49. The van der Waals surface area contributed by atoms with E-state index >= 15 is 0 Å². The summed E-state index contributed by atoms with van der Waals surface area (Å²) in [7, 11) is 0. The summed E-state index contributed by atoms with van der Waals surface area (Å²) < 4.78 is 5.46. The van der Waals surface area contributed by atoms with Gasteiger partial charge in [0.25, 0.3) is 0 Å². The molecule has 0 aromatic carbocycles. The number of nitrogens with zero attached hydrogens (tertiary/aromatic N) is 2. The number of ether oxygens (including phenoxy) is 1. The molecular weight excluding hydrogens is 276 g/mol. The van der Waals surface area contributed by atoms with Gasteiger partial charge in [0.2, 0.25) is 0 Å². The van der Waals surface area contributed by atoms with Crippen molar-refractivity contribution in [3.63, 3.8) is 0 Å². The van der Waals surface area contributed by atoms with Gasteiger partial charge in [0.15, 0.2) is 0 Å². The Bertz CT molecular complexity index is 360. The third kappa shape index (κ3) is 5.99. The third-order valence-corrected chi connectivity index (χ3v) is 4.72. The SMILES string of the molecule is ON=C1CCCCCCCCCCC/C=C/1N1CCOCC1. The molecule has 22 heavy (non-hydrogen) atoms. The smallest absolute Gasteiger partial charge is 0.102 e. The van der Waals surface area contributed by atoms with Crippen molar-refractivity contribution in [2.75, 3.05) is 26.3 Å². The van der Waals surface area contributed by atoms with Crippen LogP contribution in [-0.4, -0.2) is 42.1 Å². The van der Waals surface area contributed by atoms with Crippen molar-refractivity contribution >= 4 is 5.71 Å². The lowest BCUT2D eigenvalue weighted by atomic mass is 10.0. The summed E-state index contributed by atoms with van der Waals surface area (Å²) in [6.07, 6.45) is 16.0. The highest BCUT2D eigenvalue weighted by molar-refractivity contribution is 5.99. The van der Waals surface area contributed by atoms with Crippen molar-refractivity contribution in [2.45, 2.75) is 70.6 Å².